The van der Waals surface area contributed by atoms with Crippen molar-refractivity contribution >= 4 is 11.6 Å². The van der Waals surface area contributed by atoms with Crippen LogP contribution in [0.3, 0.4) is 0 Å². The van der Waals surface area contributed by atoms with Gasteiger partial charge in [-0.15, -0.1) is 0 Å². The second-order valence-corrected chi connectivity index (χ2v) is 4.55. The van der Waals surface area contributed by atoms with Crippen molar-refractivity contribution in [3.05, 3.63) is 29.1 Å². The highest BCUT2D eigenvalue weighted by atomic mass is 35.5. The van der Waals surface area contributed by atoms with Gasteiger partial charge in [-0.2, -0.15) is 4.98 Å². The van der Waals surface area contributed by atoms with Gasteiger partial charge in [0.1, 0.15) is 5.75 Å². The Morgan fingerprint density at radius 3 is 2.89 bits per heavy atom. The molecule has 0 spiro atoms. The summed E-state index contributed by atoms with van der Waals surface area (Å²) in [5.74, 6) is 2.06. The Bertz CT molecular complexity index is 540. The summed E-state index contributed by atoms with van der Waals surface area (Å²) in [5.41, 5.74) is 0.739. The van der Waals surface area contributed by atoms with Crippen LogP contribution in [-0.2, 0) is 0 Å². The van der Waals surface area contributed by atoms with E-state index >= 15 is 0 Å². The maximum atomic E-state index is 5.98. The average Bonchev–Trinajstić information content (AvgIpc) is 2.87. The first-order valence-corrected chi connectivity index (χ1v) is 6.21. The van der Waals surface area contributed by atoms with Crippen LogP contribution in [0.15, 0.2) is 22.7 Å². The van der Waals surface area contributed by atoms with Crippen LogP contribution in [-0.4, -0.2) is 17.3 Å². The Hall–Kier alpha value is -1.55. The summed E-state index contributed by atoms with van der Waals surface area (Å²) in [5, 5.41) is 4.59. The highest BCUT2D eigenvalue weighted by Crippen LogP contribution is 2.31. The molecule has 0 unspecified atom stereocenters. The van der Waals surface area contributed by atoms with Crippen LogP contribution in [0.1, 0.15) is 32.1 Å². The van der Waals surface area contributed by atoms with E-state index in [-0.39, 0.29) is 5.92 Å². The van der Waals surface area contributed by atoms with Gasteiger partial charge >= 0.3 is 0 Å². The maximum absolute atomic E-state index is 5.98. The zero-order valence-corrected chi connectivity index (χ0v) is 11.4. The van der Waals surface area contributed by atoms with Crippen molar-refractivity contribution in [2.24, 2.45) is 0 Å². The number of ether oxygens (including phenoxy) is 1. The predicted octanol–water partition coefficient (Wildman–Crippen LogP) is 3.91. The fourth-order valence-corrected chi connectivity index (χ4v) is 1.75. The molecule has 1 atom stereocenters. The average molecular weight is 267 g/mol. The van der Waals surface area contributed by atoms with Crippen LogP contribution in [0.2, 0.25) is 5.02 Å². The van der Waals surface area contributed by atoms with Crippen molar-refractivity contribution in [3.8, 4) is 17.1 Å². The summed E-state index contributed by atoms with van der Waals surface area (Å²) in [4.78, 5) is 4.38. The van der Waals surface area contributed by atoms with E-state index in [1.54, 1.807) is 25.3 Å². The number of methoxy groups -OCH3 is 1. The largest absolute Gasteiger partial charge is 0.496 e. The molecule has 0 N–H and O–H groups in total. The molecule has 0 fully saturated rings. The van der Waals surface area contributed by atoms with E-state index in [4.69, 9.17) is 20.9 Å². The van der Waals surface area contributed by atoms with Crippen LogP contribution in [0, 0.1) is 0 Å². The minimum Gasteiger partial charge on any atom is -0.496 e. The Morgan fingerprint density at radius 1 is 1.44 bits per heavy atom. The number of nitrogens with zero attached hydrogens (tertiary/aromatic N) is 2. The minimum absolute atomic E-state index is 0.247. The van der Waals surface area contributed by atoms with Gasteiger partial charge < -0.3 is 9.26 Å². The van der Waals surface area contributed by atoms with E-state index in [1.165, 1.54) is 0 Å². The third-order valence-corrected chi connectivity index (χ3v) is 3.11. The summed E-state index contributed by atoms with van der Waals surface area (Å²) in [6, 6.07) is 5.32. The van der Waals surface area contributed by atoms with Gasteiger partial charge in [-0.05, 0) is 24.6 Å². The van der Waals surface area contributed by atoms with Crippen LogP contribution in [0.25, 0.3) is 11.4 Å². The Balaban J connectivity index is 2.42. The smallest absolute Gasteiger partial charge is 0.229 e. The van der Waals surface area contributed by atoms with Gasteiger partial charge in [0.15, 0.2) is 0 Å². The highest BCUT2D eigenvalue weighted by molar-refractivity contribution is 6.30. The first-order chi connectivity index (χ1) is 8.65. The molecule has 2 rings (SSSR count). The quantitative estimate of drug-likeness (QED) is 0.842. The maximum Gasteiger partial charge on any atom is 0.229 e. The Morgan fingerprint density at radius 2 is 2.22 bits per heavy atom. The Kier molecular flexibility index (Phi) is 3.87. The van der Waals surface area contributed by atoms with Crippen LogP contribution >= 0.6 is 11.6 Å². The molecule has 0 saturated heterocycles. The number of hydrogen-bond donors (Lipinski definition) is 0. The molecule has 1 heterocycles. The van der Waals surface area contributed by atoms with Crippen LogP contribution < -0.4 is 4.74 Å². The standard InChI is InChI=1S/C13H15ClN2O2/c1-4-8(2)13-15-12(16-18-13)10-7-9(14)5-6-11(10)17-3/h5-8H,4H2,1-3H3/t8-/m1/s1. The molecule has 1 aromatic heterocycles. The molecule has 0 bridgehead atoms. The first kappa shape index (κ1) is 12.9. The summed E-state index contributed by atoms with van der Waals surface area (Å²) in [6.07, 6.45) is 0.953. The summed E-state index contributed by atoms with van der Waals surface area (Å²) in [7, 11) is 1.60. The third-order valence-electron chi connectivity index (χ3n) is 2.88. The molecule has 0 aliphatic heterocycles. The third kappa shape index (κ3) is 2.48. The molecular formula is C13H15ClN2O2. The van der Waals surface area contributed by atoms with Crippen LogP contribution in [0.5, 0.6) is 5.75 Å². The normalized spacial score (nSPS) is 12.4. The second kappa shape index (κ2) is 5.40. The molecule has 1 aromatic carbocycles. The fourth-order valence-electron chi connectivity index (χ4n) is 1.57. The molecule has 0 aliphatic rings. The van der Waals surface area contributed by atoms with Crippen molar-refractivity contribution in [1.29, 1.82) is 0 Å². The number of aromatic nitrogens is 2. The van der Waals surface area contributed by atoms with Crippen molar-refractivity contribution < 1.29 is 9.26 Å². The number of hydrogen-bond acceptors (Lipinski definition) is 4. The van der Waals surface area contributed by atoms with Crippen molar-refractivity contribution in [2.45, 2.75) is 26.2 Å². The molecule has 2 aromatic rings. The van der Waals surface area contributed by atoms with Crippen molar-refractivity contribution in [1.82, 2.24) is 10.1 Å². The van der Waals surface area contributed by atoms with Gasteiger partial charge in [-0.1, -0.05) is 30.6 Å². The molecular weight excluding hydrogens is 252 g/mol. The van der Waals surface area contributed by atoms with E-state index in [1.807, 2.05) is 6.92 Å². The molecule has 0 amide bonds. The van der Waals surface area contributed by atoms with Gasteiger partial charge in [0.25, 0.3) is 0 Å². The van der Waals surface area contributed by atoms with E-state index < -0.39 is 0 Å². The fraction of sp³-hybridized carbons (Fsp3) is 0.385. The Labute approximate surface area is 111 Å². The lowest BCUT2D eigenvalue weighted by atomic mass is 10.1. The number of benzene rings is 1. The molecule has 4 nitrogen and oxygen atoms in total. The van der Waals surface area contributed by atoms with Gasteiger partial charge in [-0.25, -0.2) is 0 Å². The molecule has 5 heteroatoms. The minimum atomic E-state index is 0.247. The molecule has 0 aliphatic carbocycles. The van der Waals surface area contributed by atoms with E-state index in [0.717, 1.165) is 12.0 Å². The van der Waals surface area contributed by atoms with Gasteiger partial charge in [0.05, 0.1) is 12.7 Å². The molecule has 0 saturated carbocycles. The molecule has 18 heavy (non-hydrogen) atoms. The first-order valence-electron chi connectivity index (χ1n) is 5.83. The van der Waals surface area contributed by atoms with E-state index in [9.17, 15) is 0 Å². The zero-order valence-electron chi connectivity index (χ0n) is 10.6. The van der Waals surface area contributed by atoms with Gasteiger partial charge in [-0.3, -0.25) is 0 Å². The summed E-state index contributed by atoms with van der Waals surface area (Å²) < 4.78 is 10.5. The zero-order chi connectivity index (χ0) is 13.1. The summed E-state index contributed by atoms with van der Waals surface area (Å²) >= 11 is 5.98. The van der Waals surface area contributed by atoms with Crippen molar-refractivity contribution in [3.63, 3.8) is 0 Å². The lowest BCUT2D eigenvalue weighted by molar-refractivity contribution is 0.356. The lowest BCUT2D eigenvalue weighted by Gasteiger charge is -2.04. The summed E-state index contributed by atoms with van der Waals surface area (Å²) in [6.45, 7) is 4.13. The predicted molar refractivity (Wildman–Crippen MR) is 70.0 cm³/mol. The second-order valence-electron chi connectivity index (χ2n) is 4.11. The molecule has 96 valence electrons. The van der Waals surface area contributed by atoms with Gasteiger partial charge in [0, 0.05) is 10.9 Å². The number of halogens is 1. The molecule has 0 radical (unpaired) electrons. The van der Waals surface area contributed by atoms with Gasteiger partial charge in [0.2, 0.25) is 11.7 Å². The van der Waals surface area contributed by atoms with E-state index in [2.05, 4.69) is 17.1 Å². The van der Waals surface area contributed by atoms with Crippen LogP contribution in [0.4, 0.5) is 0 Å². The van der Waals surface area contributed by atoms with E-state index in [0.29, 0.717) is 22.5 Å². The monoisotopic (exact) mass is 266 g/mol. The number of rotatable bonds is 4. The topological polar surface area (TPSA) is 48.2 Å². The SMILES string of the molecule is CC[C@@H](C)c1nc(-c2cc(Cl)ccc2OC)no1. The highest BCUT2D eigenvalue weighted by Gasteiger charge is 2.16. The van der Waals surface area contributed by atoms with Crippen molar-refractivity contribution in [2.75, 3.05) is 7.11 Å². The lowest BCUT2D eigenvalue weighted by Crippen LogP contribution is -1.92.